The average molecular weight is 254 g/mol. The lowest BCUT2D eigenvalue weighted by molar-refractivity contribution is -0.137. The van der Waals surface area contributed by atoms with Gasteiger partial charge in [0.2, 0.25) is 0 Å². The Morgan fingerprint density at radius 1 is 1.21 bits per heavy atom. The van der Waals surface area contributed by atoms with Gasteiger partial charge in [-0.05, 0) is 0 Å². The van der Waals surface area contributed by atoms with E-state index in [1.165, 1.54) is 10.9 Å². The molecule has 0 bridgehead atoms. The van der Waals surface area contributed by atoms with E-state index in [0.717, 1.165) is 5.56 Å². The molecule has 1 aromatic carbocycles. The van der Waals surface area contributed by atoms with Gasteiger partial charge in [-0.25, -0.2) is 15.0 Å². The first-order valence-electron chi connectivity index (χ1n) is 5.69. The maximum absolute atomic E-state index is 10.8. The standard InChI is InChI=1S/C13H10N4O2/c18-11(19)7-17-8-15-10-6-14-12(16-13(10)17)9-4-2-1-3-5-9/h1-6,8H,7H2,(H,18,19). The number of carboxylic acid groups (broad SMARTS) is 1. The predicted octanol–water partition coefficient (Wildman–Crippen LogP) is 1.58. The number of rotatable bonds is 3. The van der Waals surface area contributed by atoms with Crippen LogP contribution in [0.4, 0.5) is 0 Å². The van der Waals surface area contributed by atoms with E-state index in [1.54, 1.807) is 6.20 Å². The lowest BCUT2D eigenvalue weighted by Crippen LogP contribution is -2.08. The lowest BCUT2D eigenvalue weighted by atomic mass is 10.2. The molecule has 0 saturated heterocycles. The van der Waals surface area contributed by atoms with Crippen LogP contribution in [0.3, 0.4) is 0 Å². The summed E-state index contributed by atoms with van der Waals surface area (Å²) >= 11 is 0. The third-order valence-corrected chi connectivity index (χ3v) is 2.70. The Morgan fingerprint density at radius 3 is 2.74 bits per heavy atom. The number of fused-ring (bicyclic) bond motifs is 1. The molecule has 3 rings (SSSR count). The molecule has 0 aliphatic carbocycles. The normalized spacial score (nSPS) is 10.7. The van der Waals surface area contributed by atoms with Crippen LogP contribution in [0.2, 0.25) is 0 Å². The van der Waals surface area contributed by atoms with Crippen LogP contribution < -0.4 is 0 Å². The number of aliphatic carboxylic acids is 1. The van der Waals surface area contributed by atoms with Gasteiger partial charge in [-0.1, -0.05) is 30.3 Å². The van der Waals surface area contributed by atoms with Crippen molar-refractivity contribution in [2.24, 2.45) is 0 Å². The van der Waals surface area contributed by atoms with Crippen LogP contribution in [0.5, 0.6) is 0 Å². The van der Waals surface area contributed by atoms with Crippen molar-refractivity contribution in [1.29, 1.82) is 0 Å². The number of hydrogen-bond acceptors (Lipinski definition) is 4. The Balaban J connectivity index is 2.11. The van der Waals surface area contributed by atoms with Crippen molar-refractivity contribution in [1.82, 2.24) is 19.5 Å². The van der Waals surface area contributed by atoms with E-state index in [9.17, 15) is 4.79 Å². The van der Waals surface area contributed by atoms with E-state index >= 15 is 0 Å². The molecule has 6 nitrogen and oxygen atoms in total. The largest absolute Gasteiger partial charge is 0.480 e. The van der Waals surface area contributed by atoms with Gasteiger partial charge in [0, 0.05) is 5.56 Å². The van der Waals surface area contributed by atoms with Crippen molar-refractivity contribution >= 4 is 17.1 Å². The molecule has 94 valence electrons. The van der Waals surface area contributed by atoms with E-state index in [0.29, 0.717) is 17.0 Å². The fourth-order valence-corrected chi connectivity index (χ4v) is 1.84. The van der Waals surface area contributed by atoms with Gasteiger partial charge in [-0.3, -0.25) is 4.79 Å². The minimum Gasteiger partial charge on any atom is -0.480 e. The summed E-state index contributed by atoms with van der Waals surface area (Å²) in [5.41, 5.74) is 1.99. The Labute approximate surface area is 108 Å². The number of nitrogens with zero attached hydrogens (tertiary/aromatic N) is 4. The molecule has 2 aromatic heterocycles. The van der Waals surface area contributed by atoms with Crippen LogP contribution >= 0.6 is 0 Å². The molecule has 0 atom stereocenters. The summed E-state index contributed by atoms with van der Waals surface area (Å²) in [5.74, 6) is -0.376. The Hall–Kier alpha value is -2.76. The molecule has 0 aliphatic heterocycles. The maximum Gasteiger partial charge on any atom is 0.323 e. The van der Waals surface area contributed by atoms with Crippen LogP contribution in [-0.2, 0) is 11.3 Å². The fraction of sp³-hybridized carbons (Fsp3) is 0.0769. The lowest BCUT2D eigenvalue weighted by Gasteiger charge is -2.02. The number of carboxylic acids is 1. The van der Waals surface area contributed by atoms with E-state index in [2.05, 4.69) is 15.0 Å². The minimum atomic E-state index is -0.931. The monoisotopic (exact) mass is 254 g/mol. The molecule has 3 aromatic rings. The zero-order valence-corrected chi connectivity index (χ0v) is 9.89. The number of aromatic nitrogens is 4. The van der Waals surface area contributed by atoms with Gasteiger partial charge in [0.25, 0.3) is 0 Å². The first kappa shape index (κ1) is 11.3. The summed E-state index contributed by atoms with van der Waals surface area (Å²) in [6.07, 6.45) is 3.06. The molecule has 0 saturated carbocycles. The molecule has 6 heteroatoms. The predicted molar refractivity (Wildman–Crippen MR) is 68.4 cm³/mol. The molecule has 0 radical (unpaired) electrons. The molecular formula is C13H10N4O2. The van der Waals surface area contributed by atoms with Crippen LogP contribution in [-0.4, -0.2) is 30.6 Å². The van der Waals surface area contributed by atoms with Crippen molar-refractivity contribution in [3.05, 3.63) is 42.9 Å². The van der Waals surface area contributed by atoms with E-state index in [-0.39, 0.29) is 6.54 Å². The third-order valence-electron chi connectivity index (χ3n) is 2.70. The Kier molecular flexibility index (Phi) is 2.68. The SMILES string of the molecule is O=C(O)Cn1cnc2cnc(-c3ccccc3)nc21. The highest BCUT2D eigenvalue weighted by atomic mass is 16.4. The van der Waals surface area contributed by atoms with Crippen molar-refractivity contribution < 1.29 is 9.90 Å². The van der Waals surface area contributed by atoms with Gasteiger partial charge in [0.15, 0.2) is 11.5 Å². The van der Waals surface area contributed by atoms with Crippen molar-refractivity contribution in [3.63, 3.8) is 0 Å². The summed E-state index contributed by atoms with van der Waals surface area (Å²) in [5, 5.41) is 8.84. The third kappa shape index (κ3) is 2.15. The van der Waals surface area contributed by atoms with Crippen LogP contribution in [0, 0.1) is 0 Å². The quantitative estimate of drug-likeness (QED) is 0.767. The second-order valence-corrected chi connectivity index (χ2v) is 4.03. The second-order valence-electron chi connectivity index (χ2n) is 4.03. The molecule has 0 unspecified atom stereocenters. The highest BCUT2D eigenvalue weighted by molar-refractivity contribution is 5.75. The smallest absolute Gasteiger partial charge is 0.323 e. The van der Waals surface area contributed by atoms with E-state index in [1.807, 2.05) is 30.3 Å². The summed E-state index contributed by atoms with van der Waals surface area (Å²) in [4.78, 5) is 23.5. The Morgan fingerprint density at radius 2 is 2.00 bits per heavy atom. The van der Waals surface area contributed by atoms with Gasteiger partial charge in [-0.15, -0.1) is 0 Å². The summed E-state index contributed by atoms with van der Waals surface area (Å²) < 4.78 is 1.49. The topological polar surface area (TPSA) is 80.9 Å². The summed E-state index contributed by atoms with van der Waals surface area (Å²) in [6.45, 7) is -0.165. The van der Waals surface area contributed by atoms with Gasteiger partial charge in [-0.2, -0.15) is 0 Å². The molecular weight excluding hydrogens is 244 g/mol. The first-order valence-corrected chi connectivity index (χ1v) is 5.69. The zero-order valence-electron chi connectivity index (χ0n) is 9.89. The first-order chi connectivity index (χ1) is 9.24. The number of imidazole rings is 1. The van der Waals surface area contributed by atoms with Gasteiger partial charge in [0.05, 0.1) is 12.5 Å². The summed E-state index contributed by atoms with van der Waals surface area (Å²) in [6, 6.07) is 9.52. The Bertz CT molecular complexity index is 737. The number of benzene rings is 1. The fourth-order valence-electron chi connectivity index (χ4n) is 1.84. The second kappa shape index (κ2) is 4.49. The van der Waals surface area contributed by atoms with E-state index in [4.69, 9.17) is 5.11 Å². The number of hydrogen-bond donors (Lipinski definition) is 1. The van der Waals surface area contributed by atoms with Gasteiger partial charge in [0.1, 0.15) is 12.1 Å². The molecule has 0 aliphatic rings. The molecule has 19 heavy (non-hydrogen) atoms. The van der Waals surface area contributed by atoms with Gasteiger partial charge < -0.3 is 9.67 Å². The van der Waals surface area contributed by atoms with Crippen molar-refractivity contribution in [2.45, 2.75) is 6.54 Å². The highest BCUT2D eigenvalue weighted by Crippen LogP contribution is 2.17. The molecule has 1 N–H and O–H groups in total. The highest BCUT2D eigenvalue weighted by Gasteiger charge is 2.09. The molecule has 0 spiro atoms. The van der Waals surface area contributed by atoms with Crippen LogP contribution in [0.25, 0.3) is 22.6 Å². The van der Waals surface area contributed by atoms with Gasteiger partial charge >= 0.3 is 5.97 Å². The van der Waals surface area contributed by atoms with Crippen molar-refractivity contribution in [2.75, 3.05) is 0 Å². The molecule has 0 amide bonds. The molecule has 0 fully saturated rings. The molecule has 2 heterocycles. The van der Waals surface area contributed by atoms with E-state index < -0.39 is 5.97 Å². The van der Waals surface area contributed by atoms with Crippen LogP contribution in [0.1, 0.15) is 0 Å². The average Bonchev–Trinajstić information content (AvgIpc) is 2.82. The minimum absolute atomic E-state index is 0.165. The maximum atomic E-state index is 10.8. The van der Waals surface area contributed by atoms with Crippen LogP contribution in [0.15, 0.2) is 42.9 Å². The summed E-state index contributed by atoms with van der Waals surface area (Å²) in [7, 11) is 0. The number of carbonyl (C=O) groups is 1. The van der Waals surface area contributed by atoms with Crippen molar-refractivity contribution in [3.8, 4) is 11.4 Å². The zero-order chi connectivity index (χ0) is 13.2.